The third-order valence-corrected chi connectivity index (χ3v) is 3.18. The Kier molecular flexibility index (Phi) is 5.35. The number of amides is 2. The first kappa shape index (κ1) is 16.7. The van der Waals surface area contributed by atoms with Crippen LogP contribution in [0.4, 0.5) is 4.79 Å². The zero-order chi connectivity index (χ0) is 15.5. The largest absolute Gasteiger partial charge is 0.480 e. The minimum absolute atomic E-state index is 0.181. The molecule has 1 aliphatic heterocycles. The lowest BCUT2D eigenvalue weighted by Gasteiger charge is -2.42. The fraction of sp³-hybridized carbons (Fsp3) is 0.846. The number of morpholine rings is 1. The summed E-state index contributed by atoms with van der Waals surface area (Å²) in [4.78, 5) is 24.8. The van der Waals surface area contributed by atoms with Crippen LogP contribution in [0.5, 0.6) is 0 Å². The molecule has 1 fully saturated rings. The van der Waals surface area contributed by atoms with E-state index in [1.54, 1.807) is 13.8 Å². The first-order valence-corrected chi connectivity index (χ1v) is 6.73. The number of carbonyl (C=O) groups is 2. The van der Waals surface area contributed by atoms with Crippen LogP contribution in [0.25, 0.3) is 0 Å². The highest BCUT2D eigenvalue weighted by Crippen LogP contribution is 2.21. The van der Waals surface area contributed by atoms with Crippen LogP contribution in [0.2, 0.25) is 0 Å². The Morgan fingerprint density at radius 2 is 2.05 bits per heavy atom. The molecule has 1 aliphatic rings. The predicted octanol–water partition coefficient (Wildman–Crippen LogP) is 0.277. The Bertz CT molecular complexity index is 370. The van der Waals surface area contributed by atoms with Crippen LogP contribution in [-0.2, 0) is 9.53 Å². The SMILES string of the molecule is CC(C)[C@H](NC(=O)N1CC(CO)OC(C)(C)C1)C(=O)O. The van der Waals surface area contributed by atoms with E-state index < -0.39 is 29.7 Å². The monoisotopic (exact) mass is 288 g/mol. The molecule has 0 radical (unpaired) electrons. The van der Waals surface area contributed by atoms with E-state index >= 15 is 0 Å². The number of carboxylic acids is 1. The second-order valence-electron chi connectivity index (χ2n) is 6.07. The maximum atomic E-state index is 12.2. The molecule has 20 heavy (non-hydrogen) atoms. The van der Waals surface area contributed by atoms with Gasteiger partial charge in [-0.2, -0.15) is 0 Å². The van der Waals surface area contributed by atoms with E-state index in [0.717, 1.165) is 0 Å². The molecule has 116 valence electrons. The van der Waals surface area contributed by atoms with Crippen molar-refractivity contribution in [2.24, 2.45) is 5.92 Å². The molecule has 7 nitrogen and oxygen atoms in total. The minimum Gasteiger partial charge on any atom is -0.480 e. The minimum atomic E-state index is -1.06. The predicted molar refractivity (Wildman–Crippen MR) is 72.4 cm³/mol. The molecule has 0 aromatic carbocycles. The van der Waals surface area contributed by atoms with Crippen LogP contribution in [-0.4, -0.2) is 64.6 Å². The number of rotatable bonds is 4. The average Bonchev–Trinajstić information content (AvgIpc) is 2.32. The molecule has 2 amide bonds. The Morgan fingerprint density at radius 1 is 1.45 bits per heavy atom. The van der Waals surface area contributed by atoms with E-state index in [2.05, 4.69) is 5.32 Å². The van der Waals surface area contributed by atoms with Crippen molar-refractivity contribution in [1.82, 2.24) is 10.2 Å². The quantitative estimate of drug-likeness (QED) is 0.690. The number of ether oxygens (including phenoxy) is 1. The Morgan fingerprint density at radius 3 is 2.50 bits per heavy atom. The number of aliphatic carboxylic acids is 1. The summed E-state index contributed by atoms with van der Waals surface area (Å²) in [6, 6.07) is -1.37. The summed E-state index contributed by atoms with van der Waals surface area (Å²) in [5.74, 6) is -1.27. The van der Waals surface area contributed by atoms with Crippen LogP contribution >= 0.6 is 0 Å². The maximum Gasteiger partial charge on any atom is 0.326 e. The van der Waals surface area contributed by atoms with E-state index in [1.807, 2.05) is 13.8 Å². The number of nitrogens with zero attached hydrogens (tertiary/aromatic N) is 1. The number of aliphatic hydroxyl groups is 1. The van der Waals surface area contributed by atoms with Gasteiger partial charge < -0.3 is 25.2 Å². The van der Waals surface area contributed by atoms with Gasteiger partial charge in [0.2, 0.25) is 0 Å². The van der Waals surface area contributed by atoms with Crippen LogP contribution in [0.1, 0.15) is 27.7 Å². The number of carbonyl (C=O) groups excluding carboxylic acids is 1. The summed E-state index contributed by atoms with van der Waals surface area (Å²) in [6.45, 7) is 7.53. The van der Waals surface area contributed by atoms with E-state index in [4.69, 9.17) is 9.84 Å². The van der Waals surface area contributed by atoms with Gasteiger partial charge in [0.15, 0.2) is 0 Å². The van der Waals surface area contributed by atoms with Crippen LogP contribution in [0, 0.1) is 5.92 Å². The van der Waals surface area contributed by atoms with Gasteiger partial charge in [-0.05, 0) is 19.8 Å². The Labute approximate surface area is 118 Å². The molecular weight excluding hydrogens is 264 g/mol. The lowest BCUT2D eigenvalue weighted by atomic mass is 10.0. The highest BCUT2D eigenvalue weighted by atomic mass is 16.5. The third kappa shape index (κ3) is 4.35. The molecule has 1 saturated heterocycles. The lowest BCUT2D eigenvalue weighted by molar-refractivity contribution is -0.142. The molecule has 2 atom stereocenters. The molecule has 0 aliphatic carbocycles. The second-order valence-corrected chi connectivity index (χ2v) is 6.07. The highest BCUT2D eigenvalue weighted by molar-refractivity contribution is 5.82. The highest BCUT2D eigenvalue weighted by Gasteiger charge is 2.36. The van der Waals surface area contributed by atoms with Crippen molar-refractivity contribution in [3.05, 3.63) is 0 Å². The summed E-state index contributed by atoms with van der Waals surface area (Å²) >= 11 is 0. The maximum absolute atomic E-state index is 12.2. The normalized spacial score (nSPS) is 23.5. The van der Waals surface area contributed by atoms with Crippen molar-refractivity contribution in [3.63, 3.8) is 0 Å². The summed E-state index contributed by atoms with van der Waals surface area (Å²) in [5, 5.41) is 20.8. The van der Waals surface area contributed by atoms with Crippen molar-refractivity contribution in [2.45, 2.75) is 45.4 Å². The Hall–Kier alpha value is -1.34. The van der Waals surface area contributed by atoms with Gasteiger partial charge >= 0.3 is 12.0 Å². The molecule has 0 aromatic rings. The van der Waals surface area contributed by atoms with Crippen molar-refractivity contribution in [1.29, 1.82) is 0 Å². The molecule has 0 saturated carbocycles. The van der Waals surface area contributed by atoms with Crippen molar-refractivity contribution in [2.75, 3.05) is 19.7 Å². The zero-order valence-corrected chi connectivity index (χ0v) is 12.4. The van der Waals surface area contributed by atoms with Gasteiger partial charge in [0.1, 0.15) is 6.04 Å². The fourth-order valence-corrected chi connectivity index (χ4v) is 2.28. The molecule has 0 aromatic heterocycles. The van der Waals surface area contributed by atoms with Gasteiger partial charge in [-0.1, -0.05) is 13.8 Å². The summed E-state index contributed by atoms with van der Waals surface area (Å²) in [7, 11) is 0. The van der Waals surface area contributed by atoms with Crippen molar-refractivity contribution < 1.29 is 24.5 Å². The molecule has 3 N–H and O–H groups in total. The standard InChI is InChI=1S/C13H24N2O5/c1-8(2)10(11(17)18)14-12(19)15-5-9(6-16)20-13(3,4)7-15/h8-10,16H,5-7H2,1-4H3,(H,14,19)(H,17,18)/t9?,10-/m0/s1. The van der Waals surface area contributed by atoms with Gasteiger partial charge in [0.05, 0.1) is 31.4 Å². The van der Waals surface area contributed by atoms with Crippen LogP contribution < -0.4 is 5.32 Å². The number of aliphatic hydroxyl groups excluding tert-OH is 1. The van der Waals surface area contributed by atoms with Crippen molar-refractivity contribution in [3.8, 4) is 0 Å². The number of hydrogen-bond acceptors (Lipinski definition) is 4. The number of nitrogens with one attached hydrogen (secondary N) is 1. The number of urea groups is 1. The van der Waals surface area contributed by atoms with E-state index in [9.17, 15) is 14.7 Å². The van der Waals surface area contributed by atoms with E-state index in [0.29, 0.717) is 6.54 Å². The average molecular weight is 288 g/mol. The summed E-state index contributed by atoms with van der Waals surface area (Å²) in [6.07, 6.45) is -0.452. The van der Waals surface area contributed by atoms with Crippen molar-refractivity contribution >= 4 is 12.0 Å². The van der Waals surface area contributed by atoms with Gasteiger partial charge in [0.25, 0.3) is 0 Å². The summed E-state index contributed by atoms with van der Waals surface area (Å²) in [5.41, 5.74) is -0.570. The molecule has 0 spiro atoms. The first-order valence-electron chi connectivity index (χ1n) is 6.73. The molecule has 0 bridgehead atoms. The topological polar surface area (TPSA) is 99.1 Å². The van der Waals surface area contributed by atoms with Crippen LogP contribution in [0.3, 0.4) is 0 Å². The smallest absolute Gasteiger partial charge is 0.326 e. The second kappa shape index (κ2) is 6.41. The molecular formula is C13H24N2O5. The van der Waals surface area contributed by atoms with Gasteiger partial charge in [-0.15, -0.1) is 0 Å². The van der Waals surface area contributed by atoms with Gasteiger partial charge in [-0.3, -0.25) is 0 Å². The third-order valence-electron chi connectivity index (χ3n) is 3.18. The van der Waals surface area contributed by atoms with Crippen LogP contribution in [0.15, 0.2) is 0 Å². The molecule has 7 heteroatoms. The fourth-order valence-electron chi connectivity index (χ4n) is 2.28. The number of hydrogen-bond donors (Lipinski definition) is 3. The zero-order valence-electron chi connectivity index (χ0n) is 12.4. The molecule has 1 unspecified atom stereocenters. The van der Waals surface area contributed by atoms with Gasteiger partial charge in [0, 0.05) is 0 Å². The Balaban J connectivity index is 2.73. The van der Waals surface area contributed by atoms with E-state index in [1.165, 1.54) is 4.90 Å². The summed E-state index contributed by atoms with van der Waals surface area (Å²) < 4.78 is 5.62. The van der Waals surface area contributed by atoms with Gasteiger partial charge in [-0.25, -0.2) is 9.59 Å². The first-order chi connectivity index (χ1) is 9.16. The number of carboxylic acid groups (broad SMARTS) is 1. The lowest BCUT2D eigenvalue weighted by Crippen LogP contribution is -2.59. The van der Waals surface area contributed by atoms with E-state index in [-0.39, 0.29) is 19.1 Å². The molecule has 1 rings (SSSR count). The molecule has 1 heterocycles.